The molecule has 1 aromatic rings. The van der Waals surface area contributed by atoms with Crippen LogP contribution in [0.15, 0.2) is 18.2 Å². The maximum Gasteiger partial charge on any atom is 0.122 e. The molecule has 102 valence electrons. The Bertz CT molecular complexity index is 476. The van der Waals surface area contributed by atoms with E-state index in [0.29, 0.717) is 0 Å². The molecule has 3 aliphatic heterocycles. The topological polar surface area (TPSA) is 30.5 Å². The van der Waals surface area contributed by atoms with E-state index in [1.54, 1.807) is 0 Å². The number of rotatable bonds is 2. The van der Waals surface area contributed by atoms with Crippen molar-refractivity contribution in [1.29, 1.82) is 0 Å². The zero-order chi connectivity index (χ0) is 12.7. The Labute approximate surface area is 114 Å². The SMILES string of the molecule is c1cc2c(cc1C1(C3CCCNC3)COC1)CCO2. The van der Waals surface area contributed by atoms with Gasteiger partial charge in [-0.15, -0.1) is 0 Å². The van der Waals surface area contributed by atoms with E-state index in [1.807, 2.05) is 0 Å². The highest BCUT2D eigenvalue weighted by atomic mass is 16.5. The molecule has 0 aliphatic carbocycles. The van der Waals surface area contributed by atoms with Crippen molar-refractivity contribution in [1.82, 2.24) is 5.32 Å². The van der Waals surface area contributed by atoms with Gasteiger partial charge in [0.1, 0.15) is 5.75 Å². The van der Waals surface area contributed by atoms with E-state index in [0.717, 1.165) is 44.5 Å². The average Bonchev–Trinajstić information content (AvgIpc) is 2.86. The lowest BCUT2D eigenvalue weighted by molar-refractivity contribution is -0.0948. The summed E-state index contributed by atoms with van der Waals surface area (Å²) in [7, 11) is 0. The summed E-state index contributed by atoms with van der Waals surface area (Å²) in [5.74, 6) is 1.80. The number of ether oxygens (including phenoxy) is 2. The molecule has 2 saturated heterocycles. The Kier molecular flexibility index (Phi) is 2.78. The van der Waals surface area contributed by atoms with Gasteiger partial charge in [0.15, 0.2) is 0 Å². The van der Waals surface area contributed by atoms with Gasteiger partial charge in [-0.3, -0.25) is 0 Å². The molecule has 2 fully saturated rings. The fourth-order valence-electron chi connectivity index (χ4n) is 3.78. The molecular weight excluding hydrogens is 238 g/mol. The number of piperidine rings is 1. The van der Waals surface area contributed by atoms with Crippen molar-refractivity contribution in [3.8, 4) is 5.75 Å². The summed E-state index contributed by atoms with van der Waals surface area (Å²) >= 11 is 0. The van der Waals surface area contributed by atoms with Gasteiger partial charge in [-0.25, -0.2) is 0 Å². The van der Waals surface area contributed by atoms with E-state index in [1.165, 1.54) is 30.5 Å². The van der Waals surface area contributed by atoms with E-state index in [-0.39, 0.29) is 5.41 Å². The maximum absolute atomic E-state index is 5.62. The van der Waals surface area contributed by atoms with Gasteiger partial charge in [-0.1, -0.05) is 12.1 Å². The van der Waals surface area contributed by atoms with Gasteiger partial charge in [0.25, 0.3) is 0 Å². The molecular formula is C16H21NO2. The highest BCUT2D eigenvalue weighted by molar-refractivity contribution is 5.43. The third-order valence-electron chi connectivity index (χ3n) is 5.06. The quantitative estimate of drug-likeness (QED) is 0.880. The first-order valence-corrected chi connectivity index (χ1v) is 7.43. The average molecular weight is 259 g/mol. The maximum atomic E-state index is 5.62. The number of benzene rings is 1. The lowest BCUT2D eigenvalue weighted by atomic mass is 9.66. The molecule has 19 heavy (non-hydrogen) atoms. The molecule has 3 heterocycles. The predicted molar refractivity (Wildman–Crippen MR) is 73.7 cm³/mol. The second-order valence-electron chi connectivity index (χ2n) is 6.11. The zero-order valence-electron chi connectivity index (χ0n) is 11.3. The summed E-state index contributed by atoms with van der Waals surface area (Å²) in [6.45, 7) is 4.92. The molecule has 1 unspecified atom stereocenters. The monoisotopic (exact) mass is 259 g/mol. The standard InChI is InChI=1S/C16H21NO2/c1-2-14(9-17-6-1)16(10-18-11-16)13-3-4-15-12(8-13)5-7-19-15/h3-4,8,14,17H,1-2,5-7,9-11H2. The molecule has 1 N–H and O–H groups in total. The summed E-state index contributed by atoms with van der Waals surface area (Å²) in [5.41, 5.74) is 3.11. The van der Waals surface area contributed by atoms with Gasteiger partial charge < -0.3 is 14.8 Å². The van der Waals surface area contributed by atoms with Crippen LogP contribution < -0.4 is 10.1 Å². The van der Waals surface area contributed by atoms with Crippen molar-refractivity contribution in [3.63, 3.8) is 0 Å². The second kappa shape index (κ2) is 4.50. The van der Waals surface area contributed by atoms with Gasteiger partial charge in [-0.2, -0.15) is 0 Å². The lowest BCUT2D eigenvalue weighted by Crippen LogP contribution is -2.56. The minimum Gasteiger partial charge on any atom is -0.493 e. The molecule has 1 aromatic carbocycles. The molecule has 0 spiro atoms. The van der Waals surface area contributed by atoms with Crippen LogP contribution in [0, 0.1) is 5.92 Å². The van der Waals surface area contributed by atoms with Crippen molar-refractivity contribution in [2.45, 2.75) is 24.7 Å². The predicted octanol–water partition coefficient (Wildman–Crippen LogP) is 1.89. The Hall–Kier alpha value is -1.06. The van der Waals surface area contributed by atoms with E-state index < -0.39 is 0 Å². The minimum absolute atomic E-state index is 0.255. The van der Waals surface area contributed by atoms with Crippen molar-refractivity contribution < 1.29 is 9.47 Å². The number of hydrogen-bond donors (Lipinski definition) is 1. The molecule has 3 aliphatic rings. The van der Waals surface area contributed by atoms with Gasteiger partial charge in [0, 0.05) is 11.8 Å². The molecule has 3 heteroatoms. The van der Waals surface area contributed by atoms with Crippen molar-refractivity contribution >= 4 is 0 Å². The van der Waals surface area contributed by atoms with Gasteiger partial charge >= 0.3 is 0 Å². The zero-order valence-corrected chi connectivity index (χ0v) is 11.3. The van der Waals surface area contributed by atoms with Crippen LogP contribution in [0.4, 0.5) is 0 Å². The summed E-state index contributed by atoms with van der Waals surface area (Å²) in [6.07, 6.45) is 3.67. The number of hydrogen-bond acceptors (Lipinski definition) is 3. The summed E-state index contributed by atoms with van der Waals surface area (Å²) < 4.78 is 11.2. The Morgan fingerprint density at radius 1 is 1.26 bits per heavy atom. The minimum atomic E-state index is 0.255. The van der Waals surface area contributed by atoms with Crippen LogP contribution in [-0.2, 0) is 16.6 Å². The van der Waals surface area contributed by atoms with Crippen LogP contribution in [0.25, 0.3) is 0 Å². The normalized spacial score (nSPS) is 28.3. The van der Waals surface area contributed by atoms with Gasteiger partial charge in [0.2, 0.25) is 0 Å². The van der Waals surface area contributed by atoms with Crippen molar-refractivity contribution in [3.05, 3.63) is 29.3 Å². The summed E-state index contributed by atoms with van der Waals surface area (Å²) in [5, 5.41) is 3.55. The Morgan fingerprint density at radius 3 is 2.95 bits per heavy atom. The fraction of sp³-hybridized carbons (Fsp3) is 0.625. The van der Waals surface area contributed by atoms with Crippen molar-refractivity contribution in [2.75, 3.05) is 32.9 Å². The van der Waals surface area contributed by atoms with E-state index in [4.69, 9.17) is 9.47 Å². The first-order valence-electron chi connectivity index (χ1n) is 7.43. The van der Waals surface area contributed by atoms with Crippen LogP contribution in [-0.4, -0.2) is 32.9 Å². The first-order chi connectivity index (χ1) is 9.38. The van der Waals surface area contributed by atoms with Crippen LogP contribution in [0.5, 0.6) is 5.75 Å². The highest BCUT2D eigenvalue weighted by Gasteiger charge is 2.47. The molecule has 0 aromatic heterocycles. The Morgan fingerprint density at radius 2 is 2.21 bits per heavy atom. The molecule has 1 atom stereocenters. The van der Waals surface area contributed by atoms with Crippen molar-refractivity contribution in [2.24, 2.45) is 5.92 Å². The summed E-state index contributed by atoms with van der Waals surface area (Å²) in [4.78, 5) is 0. The van der Waals surface area contributed by atoms with E-state index in [9.17, 15) is 0 Å². The Balaban J connectivity index is 1.68. The summed E-state index contributed by atoms with van der Waals surface area (Å²) in [6, 6.07) is 6.80. The largest absolute Gasteiger partial charge is 0.493 e. The molecule has 4 rings (SSSR count). The highest BCUT2D eigenvalue weighted by Crippen LogP contribution is 2.43. The molecule has 3 nitrogen and oxygen atoms in total. The number of nitrogens with one attached hydrogen (secondary N) is 1. The van der Waals surface area contributed by atoms with Crippen LogP contribution in [0.2, 0.25) is 0 Å². The van der Waals surface area contributed by atoms with Gasteiger partial charge in [-0.05, 0) is 49.0 Å². The fourth-order valence-corrected chi connectivity index (χ4v) is 3.78. The molecule has 0 bridgehead atoms. The van der Waals surface area contributed by atoms with Crippen LogP contribution in [0.3, 0.4) is 0 Å². The first kappa shape index (κ1) is 11.7. The van der Waals surface area contributed by atoms with Gasteiger partial charge in [0.05, 0.1) is 19.8 Å². The molecule has 0 amide bonds. The lowest BCUT2D eigenvalue weighted by Gasteiger charge is -2.49. The molecule has 0 saturated carbocycles. The second-order valence-corrected chi connectivity index (χ2v) is 6.11. The molecule has 0 radical (unpaired) electrons. The number of fused-ring (bicyclic) bond motifs is 1. The third kappa shape index (κ3) is 1.79. The van der Waals surface area contributed by atoms with E-state index >= 15 is 0 Å². The van der Waals surface area contributed by atoms with E-state index in [2.05, 4.69) is 23.5 Å². The smallest absolute Gasteiger partial charge is 0.122 e. The van der Waals surface area contributed by atoms with Crippen LogP contribution in [0.1, 0.15) is 24.0 Å². The third-order valence-corrected chi connectivity index (χ3v) is 5.06. The van der Waals surface area contributed by atoms with Crippen LogP contribution >= 0.6 is 0 Å².